The lowest BCUT2D eigenvalue weighted by Crippen LogP contribution is -2.58. The highest BCUT2D eigenvalue weighted by Gasteiger charge is 2.67. The molecule has 0 saturated heterocycles. The molecule has 23 heavy (non-hydrogen) atoms. The first-order chi connectivity index (χ1) is 10.8. The molecule has 0 unspecified atom stereocenters. The van der Waals surface area contributed by atoms with Gasteiger partial charge in [-0.25, -0.2) is 0 Å². The molecule has 0 aromatic carbocycles. The lowest BCUT2D eigenvalue weighted by atomic mass is 9.43. The lowest BCUT2D eigenvalue weighted by Gasteiger charge is -2.59. The maximum absolute atomic E-state index is 13.1. The zero-order valence-corrected chi connectivity index (χ0v) is 14.0. The van der Waals surface area contributed by atoms with E-state index < -0.39 is 11.9 Å². The Morgan fingerprint density at radius 2 is 1.96 bits per heavy atom. The smallest absolute Gasteiger partial charge is 0.307 e. The molecule has 2 bridgehead atoms. The third-order valence-corrected chi connectivity index (χ3v) is 8.10. The minimum Gasteiger partial charge on any atom is -0.481 e. The van der Waals surface area contributed by atoms with Gasteiger partial charge in [0.15, 0.2) is 0 Å². The Balaban J connectivity index is 1.77. The summed E-state index contributed by atoms with van der Waals surface area (Å²) in [7, 11) is 0. The van der Waals surface area contributed by atoms with Gasteiger partial charge in [0.05, 0.1) is 5.92 Å². The van der Waals surface area contributed by atoms with Crippen LogP contribution in [-0.4, -0.2) is 22.6 Å². The van der Waals surface area contributed by atoms with E-state index in [0.29, 0.717) is 18.1 Å². The van der Waals surface area contributed by atoms with Crippen LogP contribution in [-0.2, 0) is 14.4 Å². The second-order valence-corrected chi connectivity index (χ2v) is 8.92. The highest BCUT2D eigenvalue weighted by atomic mass is 16.4. The number of carbonyl (C=O) groups excluding carboxylic acids is 2. The topological polar surface area (TPSA) is 71.4 Å². The number of hydrogen-bond donors (Lipinski definition) is 1. The van der Waals surface area contributed by atoms with Gasteiger partial charge in [0.2, 0.25) is 0 Å². The molecule has 7 atom stereocenters. The Morgan fingerprint density at radius 1 is 1.22 bits per heavy atom. The van der Waals surface area contributed by atoms with Crippen LogP contribution in [0.5, 0.6) is 0 Å². The monoisotopic (exact) mass is 318 g/mol. The largest absolute Gasteiger partial charge is 0.481 e. The molecule has 4 nitrogen and oxygen atoms in total. The van der Waals surface area contributed by atoms with Gasteiger partial charge in [0.1, 0.15) is 11.6 Å². The average molecular weight is 318 g/mol. The number of carboxylic acids is 1. The van der Waals surface area contributed by atoms with Crippen molar-refractivity contribution < 1.29 is 19.5 Å². The summed E-state index contributed by atoms with van der Waals surface area (Å²) in [6.07, 6.45) is 5.33. The van der Waals surface area contributed by atoms with E-state index in [1.54, 1.807) is 0 Å². The van der Waals surface area contributed by atoms with Crippen LogP contribution in [0.4, 0.5) is 0 Å². The predicted octanol–water partition coefficient (Wildman–Crippen LogP) is 3.09. The van der Waals surface area contributed by atoms with E-state index in [9.17, 15) is 19.5 Å². The number of rotatable bonds is 1. The molecule has 4 heteroatoms. The molecule has 4 aliphatic carbocycles. The standard InChI is InChI=1S/C19H26O4/c1-10-11-3-4-15-18(2)9-12(20)7-13(17(22)23)14(18)5-6-19(15,8-11)16(10)21/h10-11,13-15H,3-9H2,1-2H3,(H,22,23)/t10-,11-,13-,14-,15+,18-,19-/m1/s1. The molecule has 1 N–H and O–H groups in total. The Morgan fingerprint density at radius 3 is 2.65 bits per heavy atom. The molecular formula is C19H26O4. The summed E-state index contributed by atoms with van der Waals surface area (Å²) in [6, 6.07) is 0. The van der Waals surface area contributed by atoms with Crippen molar-refractivity contribution in [2.45, 2.75) is 58.8 Å². The Labute approximate surface area is 137 Å². The predicted molar refractivity (Wildman–Crippen MR) is 83.6 cm³/mol. The molecule has 0 aliphatic heterocycles. The summed E-state index contributed by atoms with van der Waals surface area (Å²) in [5, 5.41) is 9.61. The van der Waals surface area contributed by atoms with Gasteiger partial charge in [0.25, 0.3) is 0 Å². The normalized spacial score (nSPS) is 52.0. The third-order valence-electron chi connectivity index (χ3n) is 8.10. The van der Waals surface area contributed by atoms with Gasteiger partial charge in [0, 0.05) is 24.2 Å². The summed E-state index contributed by atoms with van der Waals surface area (Å²) >= 11 is 0. The molecular weight excluding hydrogens is 292 g/mol. The molecule has 0 aromatic rings. The molecule has 4 saturated carbocycles. The van der Waals surface area contributed by atoms with E-state index in [2.05, 4.69) is 13.8 Å². The number of carboxylic acid groups (broad SMARTS) is 1. The number of hydrogen-bond acceptors (Lipinski definition) is 3. The van der Waals surface area contributed by atoms with Gasteiger partial charge in [-0.2, -0.15) is 0 Å². The highest BCUT2D eigenvalue weighted by Crippen LogP contribution is 2.69. The molecule has 126 valence electrons. The van der Waals surface area contributed by atoms with E-state index >= 15 is 0 Å². The summed E-state index contributed by atoms with van der Waals surface area (Å²) in [4.78, 5) is 37.1. The Hall–Kier alpha value is -1.19. The highest BCUT2D eigenvalue weighted by molar-refractivity contribution is 5.91. The van der Waals surface area contributed by atoms with Gasteiger partial charge >= 0.3 is 5.97 Å². The van der Waals surface area contributed by atoms with Crippen LogP contribution in [0.2, 0.25) is 0 Å². The third kappa shape index (κ3) is 1.81. The molecule has 4 rings (SSSR count). The zero-order chi connectivity index (χ0) is 16.6. The zero-order valence-electron chi connectivity index (χ0n) is 14.0. The molecule has 0 radical (unpaired) electrons. The van der Waals surface area contributed by atoms with E-state index in [1.807, 2.05) is 0 Å². The number of ketones is 2. The van der Waals surface area contributed by atoms with Crippen molar-refractivity contribution in [3.05, 3.63) is 0 Å². The van der Waals surface area contributed by atoms with Crippen LogP contribution in [0.15, 0.2) is 0 Å². The molecule has 0 amide bonds. The molecule has 1 spiro atoms. The number of fused-ring (bicyclic) bond motifs is 3. The van der Waals surface area contributed by atoms with Crippen molar-refractivity contribution in [1.82, 2.24) is 0 Å². The van der Waals surface area contributed by atoms with Crippen molar-refractivity contribution in [2.24, 2.45) is 40.4 Å². The van der Waals surface area contributed by atoms with Crippen LogP contribution in [0, 0.1) is 40.4 Å². The fourth-order valence-corrected chi connectivity index (χ4v) is 7.16. The van der Waals surface area contributed by atoms with Gasteiger partial charge in [-0.15, -0.1) is 0 Å². The molecule has 4 fully saturated rings. The minimum atomic E-state index is -0.829. The first-order valence-corrected chi connectivity index (χ1v) is 9.08. The van der Waals surface area contributed by atoms with Crippen LogP contribution in [0.3, 0.4) is 0 Å². The van der Waals surface area contributed by atoms with Crippen molar-refractivity contribution in [3.8, 4) is 0 Å². The SMILES string of the molecule is C[C@H]1C(=O)[C@@]23CC[C@@H]4[C@H](C(=O)O)CC(=O)C[C@@]4(C)[C@@H]2CC[C@@H]1C3. The van der Waals surface area contributed by atoms with Crippen LogP contribution < -0.4 is 0 Å². The van der Waals surface area contributed by atoms with E-state index in [1.165, 1.54) is 0 Å². The van der Waals surface area contributed by atoms with Gasteiger partial charge < -0.3 is 5.11 Å². The molecule has 0 heterocycles. The van der Waals surface area contributed by atoms with Crippen LogP contribution in [0.1, 0.15) is 58.8 Å². The second-order valence-electron chi connectivity index (χ2n) is 8.92. The Kier molecular flexibility index (Phi) is 3.12. The van der Waals surface area contributed by atoms with E-state index in [-0.39, 0.29) is 40.8 Å². The van der Waals surface area contributed by atoms with Crippen molar-refractivity contribution in [1.29, 1.82) is 0 Å². The maximum Gasteiger partial charge on any atom is 0.307 e. The molecule has 0 aromatic heterocycles. The van der Waals surface area contributed by atoms with Crippen molar-refractivity contribution >= 4 is 17.5 Å². The fraction of sp³-hybridized carbons (Fsp3) is 0.842. The van der Waals surface area contributed by atoms with E-state index in [4.69, 9.17) is 0 Å². The van der Waals surface area contributed by atoms with Crippen LogP contribution in [0.25, 0.3) is 0 Å². The number of aliphatic carboxylic acids is 1. The van der Waals surface area contributed by atoms with Gasteiger partial charge in [-0.3, -0.25) is 14.4 Å². The van der Waals surface area contributed by atoms with Crippen LogP contribution >= 0.6 is 0 Å². The number of carbonyl (C=O) groups is 3. The maximum atomic E-state index is 13.1. The van der Waals surface area contributed by atoms with E-state index in [0.717, 1.165) is 32.1 Å². The van der Waals surface area contributed by atoms with Crippen molar-refractivity contribution in [2.75, 3.05) is 0 Å². The lowest BCUT2D eigenvalue weighted by molar-refractivity contribution is -0.171. The Bertz CT molecular complexity index is 596. The average Bonchev–Trinajstić information content (AvgIpc) is 2.66. The molecule has 4 aliphatic rings. The summed E-state index contributed by atoms with van der Waals surface area (Å²) in [5.74, 6) is 0.0176. The summed E-state index contributed by atoms with van der Waals surface area (Å²) in [6.45, 7) is 4.19. The quantitative estimate of drug-likeness (QED) is 0.806. The second kappa shape index (κ2) is 4.67. The van der Waals surface area contributed by atoms with Gasteiger partial charge in [-0.05, 0) is 55.3 Å². The first-order valence-electron chi connectivity index (χ1n) is 9.08. The first kappa shape index (κ1) is 15.3. The number of Topliss-reactive ketones (excluding diaryl/α,β-unsaturated/α-hetero) is 2. The summed E-state index contributed by atoms with van der Waals surface area (Å²) in [5.41, 5.74) is -0.560. The minimum absolute atomic E-state index is 0.0496. The van der Waals surface area contributed by atoms with Gasteiger partial charge in [-0.1, -0.05) is 13.8 Å². The summed E-state index contributed by atoms with van der Waals surface area (Å²) < 4.78 is 0. The van der Waals surface area contributed by atoms with Crippen molar-refractivity contribution in [3.63, 3.8) is 0 Å². The fourth-order valence-electron chi connectivity index (χ4n) is 7.16.